The van der Waals surface area contributed by atoms with E-state index in [0.29, 0.717) is 23.0 Å². The summed E-state index contributed by atoms with van der Waals surface area (Å²) in [5.41, 5.74) is 6.65. The topological polar surface area (TPSA) is 37.1 Å². The Morgan fingerprint density at radius 2 is 1.60 bits per heavy atom. The van der Waals surface area contributed by atoms with Gasteiger partial charge in [-0.3, -0.25) is 0 Å². The van der Waals surface area contributed by atoms with Crippen LogP contribution in [0.5, 0.6) is 0 Å². The number of anilines is 3. The van der Waals surface area contributed by atoms with Crippen LogP contribution in [0, 0.1) is 12.1 Å². The van der Waals surface area contributed by atoms with E-state index in [1.807, 2.05) is 42.6 Å². The Bertz CT molecular complexity index is 2040. The van der Waals surface area contributed by atoms with E-state index in [1.54, 1.807) is 11.1 Å². The van der Waals surface area contributed by atoms with E-state index in [9.17, 15) is 0 Å². The standard InChI is InChI=1S/C36H32N4O.Pt/c1-24(2)25-19-20-37-35(21-25)39-31-14-7-6-13-29(31)30-18-17-27(23-34(30)39)36(3,4)26-11-10-12-28(22-26)40-33-16-9-8-15-32(33)38(5)41-40;/h6-21,24H,1-5H3;/q-2;/p+1/i5D3;. The minimum Gasteiger partial charge on any atom is -0.319 e. The van der Waals surface area contributed by atoms with E-state index >= 15 is 0 Å². The molecule has 0 atom stereocenters. The zero-order chi connectivity index (χ0) is 30.8. The first kappa shape index (κ1) is 24.7. The van der Waals surface area contributed by atoms with Crippen LogP contribution in [0.25, 0.3) is 27.6 Å². The first-order valence-electron chi connectivity index (χ1n) is 15.4. The third-order valence-electron chi connectivity index (χ3n) is 8.12. The maximum absolute atomic E-state index is 8.00. The van der Waals surface area contributed by atoms with Crippen LogP contribution in [0.1, 0.15) is 54.4 Å². The van der Waals surface area contributed by atoms with Gasteiger partial charge in [0.15, 0.2) is 0 Å². The number of rotatable bonds is 5. The second-order valence-electron chi connectivity index (χ2n) is 11.4. The fraction of sp³-hybridized carbons (Fsp3) is 0.194. The summed E-state index contributed by atoms with van der Waals surface area (Å²) in [6, 6.07) is 37.6. The average Bonchev–Trinajstić information content (AvgIpc) is 3.58. The summed E-state index contributed by atoms with van der Waals surface area (Å²) in [6.45, 7) is 6.30. The molecule has 0 fully saturated rings. The predicted molar refractivity (Wildman–Crippen MR) is 168 cm³/mol. The van der Waals surface area contributed by atoms with E-state index < -0.39 is 12.4 Å². The molecule has 0 saturated carbocycles. The summed E-state index contributed by atoms with van der Waals surface area (Å²) in [4.78, 5) is 9.27. The Morgan fingerprint density at radius 1 is 0.833 bits per heavy atom. The molecule has 0 bridgehead atoms. The van der Waals surface area contributed by atoms with Crippen molar-refractivity contribution in [3.63, 3.8) is 0 Å². The van der Waals surface area contributed by atoms with Gasteiger partial charge in [0.05, 0.1) is 11.1 Å². The molecule has 214 valence electrons. The van der Waals surface area contributed by atoms with Crippen molar-refractivity contribution in [2.75, 3.05) is 17.1 Å². The molecule has 6 heteroatoms. The van der Waals surface area contributed by atoms with Gasteiger partial charge in [0.25, 0.3) is 0 Å². The minimum absolute atomic E-state index is 0. The second kappa shape index (κ2) is 10.7. The van der Waals surface area contributed by atoms with E-state index in [-0.39, 0.29) is 21.1 Å². The molecule has 0 aliphatic carbocycles. The third-order valence-corrected chi connectivity index (χ3v) is 8.12. The van der Waals surface area contributed by atoms with Gasteiger partial charge in [-0.25, -0.2) is 4.98 Å². The molecule has 7 rings (SSSR count). The molecule has 4 aromatic carbocycles. The molecule has 1 aliphatic heterocycles. The maximum Gasteiger partial charge on any atom is 0.145 e. The Labute approximate surface area is 265 Å². The SMILES string of the molecule is [2H]C([2H])([2H])N1[OH+]N(c2[c-]c(C(C)(C)c3[c-]c4c(cc3)c3ccccc3n4-c3cc(C(C)C)ccn3)ccc2)c2ccccc21.[Pt]. The van der Waals surface area contributed by atoms with E-state index in [1.165, 1.54) is 5.56 Å². The summed E-state index contributed by atoms with van der Waals surface area (Å²) in [5.74, 6) is 1.25. The molecule has 0 saturated heterocycles. The number of pyridine rings is 1. The first-order chi connectivity index (χ1) is 21.0. The Balaban J connectivity index is 0.00000357. The number of para-hydroxylation sites is 3. The largest absolute Gasteiger partial charge is 0.319 e. The molecular weight excluding hydrogens is 700 g/mol. The number of fused-ring (bicyclic) bond motifs is 4. The van der Waals surface area contributed by atoms with Crippen molar-refractivity contribution in [1.82, 2.24) is 9.55 Å². The van der Waals surface area contributed by atoms with Crippen molar-refractivity contribution in [1.29, 1.82) is 0 Å². The molecule has 0 unspecified atom stereocenters. The molecule has 3 heterocycles. The molecule has 6 aromatic rings. The van der Waals surface area contributed by atoms with Crippen molar-refractivity contribution in [3.05, 3.63) is 126 Å². The summed E-state index contributed by atoms with van der Waals surface area (Å²) in [6.07, 6.45) is 1.88. The van der Waals surface area contributed by atoms with Crippen molar-refractivity contribution >= 4 is 38.9 Å². The number of benzene rings is 4. The first-order valence-corrected chi connectivity index (χ1v) is 13.9. The fourth-order valence-electron chi connectivity index (χ4n) is 5.69. The van der Waals surface area contributed by atoms with Crippen molar-refractivity contribution < 1.29 is 30.1 Å². The molecule has 2 aromatic heterocycles. The molecule has 42 heavy (non-hydrogen) atoms. The molecule has 0 spiro atoms. The van der Waals surface area contributed by atoms with Gasteiger partial charge in [0.2, 0.25) is 0 Å². The zero-order valence-electron chi connectivity index (χ0n) is 26.9. The smallest absolute Gasteiger partial charge is 0.145 e. The van der Waals surface area contributed by atoms with Crippen molar-refractivity contribution in [3.8, 4) is 5.82 Å². The monoisotopic (exact) mass is 735 g/mol. The zero-order valence-corrected chi connectivity index (χ0v) is 26.1. The quantitative estimate of drug-likeness (QED) is 0.132. The van der Waals surface area contributed by atoms with Gasteiger partial charge in [-0.15, -0.1) is 27.6 Å². The number of hydroxylamine groups is 1. The van der Waals surface area contributed by atoms with Crippen LogP contribution in [-0.4, -0.2) is 21.5 Å². The maximum atomic E-state index is 8.00. The van der Waals surface area contributed by atoms with Gasteiger partial charge in [-0.2, -0.15) is 46.4 Å². The van der Waals surface area contributed by atoms with Gasteiger partial charge in [0, 0.05) is 38.5 Å². The fourth-order valence-corrected chi connectivity index (χ4v) is 5.69. The van der Waals surface area contributed by atoms with Crippen LogP contribution in [0.2, 0.25) is 0 Å². The summed E-state index contributed by atoms with van der Waals surface area (Å²) in [5, 5.41) is 5.02. The molecule has 1 aliphatic rings. The van der Waals surface area contributed by atoms with Gasteiger partial charge in [-0.1, -0.05) is 63.5 Å². The summed E-state index contributed by atoms with van der Waals surface area (Å²) < 4.78 is 26.2. The molecule has 5 nitrogen and oxygen atoms in total. The number of aromatic nitrogens is 2. The molecular formula is C36H33N4OPt-. The van der Waals surface area contributed by atoms with Crippen LogP contribution in [0.4, 0.5) is 17.1 Å². The summed E-state index contributed by atoms with van der Waals surface area (Å²) in [7, 11) is 0. The Hall–Kier alpha value is -3.92. The van der Waals surface area contributed by atoms with Gasteiger partial charge in [0.1, 0.15) is 17.2 Å². The predicted octanol–water partition coefficient (Wildman–Crippen LogP) is 8.65. The van der Waals surface area contributed by atoms with Crippen LogP contribution < -0.4 is 10.1 Å². The van der Waals surface area contributed by atoms with Crippen LogP contribution in [0.15, 0.2) is 97.2 Å². The third kappa shape index (κ3) is 4.52. The molecule has 0 radical (unpaired) electrons. The average molecular weight is 736 g/mol. The summed E-state index contributed by atoms with van der Waals surface area (Å²) >= 11 is 0. The van der Waals surface area contributed by atoms with E-state index in [2.05, 4.69) is 97.9 Å². The molecule has 1 N–H and O–H groups in total. The van der Waals surface area contributed by atoms with Gasteiger partial charge in [-0.05, 0) is 52.6 Å². The van der Waals surface area contributed by atoms with Crippen molar-refractivity contribution in [2.24, 2.45) is 0 Å². The van der Waals surface area contributed by atoms with Gasteiger partial charge >= 0.3 is 0 Å². The van der Waals surface area contributed by atoms with Gasteiger partial charge < -0.3 is 4.57 Å². The Morgan fingerprint density at radius 3 is 2.40 bits per heavy atom. The van der Waals surface area contributed by atoms with Crippen LogP contribution in [-0.2, 0) is 26.5 Å². The normalized spacial score (nSPS) is 14.5. The van der Waals surface area contributed by atoms with E-state index in [0.717, 1.165) is 43.8 Å². The number of hydrogen-bond acceptors (Lipinski definition) is 3. The van der Waals surface area contributed by atoms with Crippen LogP contribution >= 0.6 is 0 Å². The van der Waals surface area contributed by atoms with E-state index in [4.69, 9.17) is 9.10 Å². The Kier molecular flexibility index (Phi) is 6.30. The van der Waals surface area contributed by atoms with Crippen molar-refractivity contribution in [2.45, 2.75) is 39.0 Å². The minimum atomic E-state index is -2.41. The van der Waals surface area contributed by atoms with Crippen LogP contribution in [0.3, 0.4) is 0 Å². The number of nitrogens with zero attached hydrogens (tertiary/aromatic N) is 4. The number of hydrogen-bond donors (Lipinski definition) is 0. The second-order valence-corrected chi connectivity index (χ2v) is 11.4. The molecule has 0 amide bonds.